The van der Waals surface area contributed by atoms with Crippen LogP contribution >= 0.6 is 90.5 Å². The predicted molar refractivity (Wildman–Crippen MR) is 585 cm³/mol. The van der Waals surface area contributed by atoms with E-state index in [0.717, 1.165) is 77.8 Å². The molecule has 778 valence electrons. The molecule has 29 nitrogen and oxygen atoms in total. The maximum absolute atomic E-state index is 13.7. The Morgan fingerprint density at radius 2 is 0.786 bits per heavy atom. The molecule has 0 bridgehead atoms. The van der Waals surface area contributed by atoms with Crippen LogP contribution in [-0.2, 0) is 51.2 Å². The van der Waals surface area contributed by atoms with Crippen LogP contribution < -0.4 is 58.5 Å². The van der Waals surface area contributed by atoms with E-state index >= 15 is 0 Å². The summed E-state index contributed by atoms with van der Waals surface area (Å²) in [5, 5.41) is 45.4. The number of carboxylic acid groups (broad SMARTS) is 1. The SMILES string of the molecule is CC(C)(C)c1cc(C(=O)N2CCS(=O)(=O)CC2)c(NC(=O)Nc2ccc(-c3ccc(F)c(F)c3)cc2)s1.CC(C)(C)c1cc2c(=O)oc(=O)[nH]c2s1.CCN(C(=O)Nc1sc(C(C)(C)C)cc1C(=O)N1CCS(=O)(=O)CC1)c1ccc(-c2ccc(F)c(F)c2)cc1.CCN(C(=O)Nc1sc(C(C)(C)C)cc1C(=O)O)c1ccc(I)cc1.CCNc1ccc(I)cc1.O=S1(=O)CCNCC1.OB(O)c1ccc(F)c(F)c1. The van der Waals surface area contributed by atoms with Crippen molar-refractivity contribution in [3.8, 4) is 22.3 Å². The number of benzene rings is 7. The van der Waals surface area contributed by atoms with Gasteiger partial charge in [0.05, 0.1) is 56.6 Å². The quantitative estimate of drug-likeness (QED) is 0.0244. The minimum atomic E-state index is -3.15. The molecule has 0 saturated carbocycles. The van der Waals surface area contributed by atoms with Gasteiger partial charge in [0.15, 0.2) is 64.4 Å². The molecule has 12 aromatic rings. The second kappa shape index (κ2) is 51.2. The fraction of sp³-hybridized carbons (Fsp3) is 0.340. The number of hydrogen-bond donors (Lipinski definition) is 10. The number of aromatic amines is 1. The van der Waals surface area contributed by atoms with Gasteiger partial charge in [-0.15, -0.1) is 45.3 Å². The smallest absolute Gasteiger partial charge is 0.478 e. The Morgan fingerprint density at radius 3 is 1.16 bits per heavy atom. The molecule has 0 unspecified atom stereocenters. The van der Waals surface area contributed by atoms with Crippen molar-refractivity contribution in [2.24, 2.45) is 0 Å². The normalized spacial score (nSPS) is 14.1. The second-order valence-corrected chi connectivity index (χ2v) is 50.8. The predicted octanol–water partition coefficient (Wildman–Crippen LogP) is 20.0. The van der Waals surface area contributed by atoms with Gasteiger partial charge in [-0.2, -0.15) is 0 Å². The number of hydrogen-bond acceptors (Lipinski definition) is 23. The van der Waals surface area contributed by atoms with Crippen LogP contribution in [0.1, 0.15) is 154 Å². The Hall–Kier alpha value is -10.9. The first-order valence-electron chi connectivity index (χ1n) is 45.4. The number of anilines is 7. The van der Waals surface area contributed by atoms with E-state index in [0.29, 0.717) is 108 Å². The third-order valence-corrected chi connectivity index (χ3v) is 34.1. The van der Waals surface area contributed by atoms with E-state index in [-0.39, 0.29) is 99.7 Å². The molecule has 0 aliphatic carbocycles. The number of carbonyl (C=O) groups is 6. The number of nitrogens with zero attached hydrogens (tertiary/aromatic N) is 4. The summed E-state index contributed by atoms with van der Waals surface area (Å²) in [4.78, 5) is 112. The zero-order valence-corrected chi connectivity index (χ0v) is 92.1. The van der Waals surface area contributed by atoms with Crippen LogP contribution in [0.25, 0.3) is 32.5 Å². The summed E-state index contributed by atoms with van der Waals surface area (Å²) in [6.07, 6.45) is 0. The van der Waals surface area contributed by atoms with Crippen molar-refractivity contribution in [1.29, 1.82) is 0 Å². The van der Waals surface area contributed by atoms with Crippen LogP contribution in [-0.4, -0.2) is 192 Å². The average molecular weight is 2360 g/mol. The molecule has 45 heteroatoms. The highest BCUT2D eigenvalue weighted by Crippen LogP contribution is 2.42. The van der Waals surface area contributed by atoms with Gasteiger partial charge in [0.2, 0.25) is 0 Å². The summed E-state index contributed by atoms with van der Waals surface area (Å²) in [6, 6.07) is 45.0. The lowest BCUT2D eigenvalue weighted by Gasteiger charge is -2.27. The van der Waals surface area contributed by atoms with E-state index in [9.17, 15) is 95.1 Å². The number of H-pyrrole nitrogens is 1. The number of thiophene rings is 4. The maximum Gasteiger partial charge on any atom is 0.488 e. The Bertz CT molecular complexity index is 7050. The molecule has 15 rings (SSSR count). The Labute approximate surface area is 881 Å². The number of halogens is 8. The molecule has 3 fully saturated rings. The molecule has 3 saturated heterocycles. The monoisotopic (exact) mass is 2360 g/mol. The van der Waals surface area contributed by atoms with Crippen molar-refractivity contribution in [1.82, 2.24) is 20.1 Å². The molecule has 0 atom stereocenters. The van der Waals surface area contributed by atoms with E-state index < -0.39 is 101 Å². The van der Waals surface area contributed by atoms with Gasteiger partial charge in [0.1, 0.15) is 19.8 Å². The van der Waals surface area contributed by atoms with Gasteiger partial charge in [-0.3, -0.25) is 40.3 Å². The topological polar surface area (TPSA) is 414 Å². The number of carboxylic acids is 1. The van der Waals surface area contributed by atoms with Crippen molar-refractivity contribution < 1.29 is 99.9 Å². The highest BCUT2D eigenvalue weighted by atomic mass is 127. The molecule has 8 heterocycles. The average Bonchev–Trinajstić information content (AvgIpc) is 1.65. The molecule has 3 aliphatic rings. The van der Waals surface area contributed by atoms with Gasteiger partial charge in [0.25, 0.3) is 11.8 Å². The number of carbonyl (C=O) groups excluding carboxylic acids is 5. The molecule has 3 aliphatic heterocycles. The van der Waals surface area contributed by atoms with Gasteiger partial charge < -0.3 is 45.3 Å². The first-order chi connectivity index (χ1) is 67.8. The lowest BCUT2D eigenvalue weighted by Crippen LogP contribution is -2.44. The number of aromatic carboxylic acids is 1. The van der Waals surface area contributed by atoms with Gasteiger partial charge in [-0.1, -0.05) is 126 Å². The fourth-order valence-electron chi connectivity index (χ4n) is 13.6. The van der Waals surface area contributed by atoms with Crippen LogP contribution in [0.4, 0.5) is 78.5 Å². The van der Waals surface area contributed by atoms with Gasteiger partial charge >= 0.3 is 42.6 Å². The van der Waals surface area contributed by atoms with Crippen LogP contribution in [0.3, 0.4) is 0 Å². The minimum absolute atomic E-state index is 0.0347. The number of sulfone groups is 3. The summed E-state index contributed by atoms with van der Waals surface area (Å²) < 4.78 is 154. The number of rotatable bonds is 16. The lowest BCUT2D eigenvalue weighted by atomic mass is 9.80. The van der Waals surface area contributed by atoms with Gasteiger partial charge in [-0.25, -0.2) is 80.4 Å². The zero-order valence-electron chi connectivity index (χ0n) is 82.1. The molecule has 10 N–H and O–H groups in total. The summed E-state index contributed by atoms with van der Waals surface area (Å²) >= 11 is 9.85. The van der Waals surface area contributed by atoms with E-state index in [4.69, 9.17) is 10.0 Å². The molecule has 0 spiro atoms. The van der Waals surface area contributed by atoms with Crippen molar-refractivity contribution in [2.75, 3.05) is 130 Å². The van der Waals surface area contributed by atoms with Crippen LogP contribution in [0.15, 0.2) is 190 Å². The Kier molecular flexibility index (Phi) is 41.5. The number of nitrogens with one attached hydrogen (secondary N) is 7. The Morgan fingerprint density at radius 1 is 0.434 bits per heavy atom. The molecule has 0 radical (unpaired) electrons. The van der Waals surface area contributed by atoms with Crippen molar-refractivity contribution >= 4 is 216 Å². The number of aromatic nitrogens is 1. The second-order valence-electron chi connectivity index (χ2n) is 37.2. The van der Waals surface area contributed by atoms with Crippen molar-refractivity contribution in [2.45, 2.75) is 126 Å². The first kappa shape index (κ1) is 118. The lowest BCUT2D eigenvalue weighted by molar-refractivity contribution is 0.0696. The number of amides is 8. The first-order valence-corrected chi connectivity index (χ1v) is 56.3. The van der Waals surface area contributed by atoms with E-state index in [1.165, 1.54) is 81.4 Å². The maximum atomic E-state index is 13.7. The molecule has 145 heavy (non-hydrogen) atoms. The van der Waals surface area contributed by atoms with Gasteiger partial charge in [0, 0.05) is 108 Å². The third-order valence-electron chi connectivity index (χ3n) is 21.9. The number of fused-ring (bicyclic) bond motifs is 1. The van der Waals surface area contributed by atoms with Crippen LogP contribution in [0.2, 0.25) is 0 Å². The Balaban J connectivity index is 0.000000202. The summed E-state index contributed by atoms with van der Waals surface area (Å²) in [5.74, 6) is -7.91. The molecule has 5 aromatic heterocycles. The van der Waals surface area contributed by atoms with Crippen molar-refractivity contribution in [3.05, 3.63) is 275 Å². The van der Waals surface area contributed by atoms with E-state index in [2.05, 4.69) is 138 Å². The van der Waals surface area contributed by atoms with E-state index in [1.807, 2.05) is 100 Å². The van der Waals surface area contributed by atoms with E-state index in [1.54, 1.807) is 77.7 Å². The highest BCUT2D eigenvalue weighted by Gasteiger charge is 2.35. The summed E-state index contributed by atoms with van der Waals surface area (Å²) in [6.45, 7) is 33.5. The zero-order chi connectivity index (χ0) is 107. The van der Waals surface area contributed by atoms with Gasteiger partial charge in [-0.05, 0) is 249 Å². The third kappa shape index (κ3) is 34.6. The molecule has 7 aromatic carbocycles. The molecular weight excluding hydrogens is 2250 g/mol. The largest absolute Gasteiger partial charge is 0.488 e. The summed E-state index contributed by atoms with van der Waals surface area (Å²) in [5.41, 5.74) is 4.73. The van der Waals surface area contributed by atoms with Crippen molar-refractivity contribution in [3.63, 3.8) is 0 Å². The number of urea groups is 3. The van der Waals surface area contributed by atoms with Crippen LogP contribution in [0, 0.1) is 42.0 Å². The standard InChI is InChI=1S/C28H31F2N3O4S2.C26H27F2N3O4S2.C18H21IN2O3S.C10H11NO3S.C8H10IN.C6H5BF2O2.C4H9NO2S/c1-5-33(20-9-6-18(7-10-20)19-8-11-22(29)23(30)16-19)27(35)31-25-21(17-24(38-25)28(2,3)4)26(34)32-12-14-39(36,37)15-13-32;1-26(2,3)22-15-19(24(32)31-10-12-37(34,35)13-11-31)23(36-22)30-25(33)29-18-7-4-16(5-8-18)17-6-9-20(27)21(28)14-17;1-5-21(12-8-6-11(19)7-9-12)17(24)20-15-13(16(22)23)10-14(25-15)18(2,3)4;1-10(2,3)6-4-5-7(15-6)11-9(13)14-8(5)12;1-2-10-8-5-3-7(9)4-6-8;8-5-2-1-4(7(10)11)3-6(5)9;6-8(7)3-1-5-2-4-8/h6-11,16-17H,5,12-15H2,1-4H3,(H,31,35);4-9,14-15H,10-13H2,1-3H3,(H2,29,30,33);6-10H,5H2,1-4H3,(H,20,24)(H,22,23);4H,1-3H3,(H,11,13);3-6,10H,2H2,1H3;1-3,10-11H;5H,1-4H2. The fourth-order valence-corrected chi connectivity index (χ4v) is 22.3. The van der Waals surface area contributed by atoms with Crippen LogP contribution in [0.5, 0.6) is 0 Å². The minimum Gasteiger partial charge on any atom is -0.478 e. The molecule has 8 amide bonds. The molecular formula is C100H114BF6I2N11O18S7. The highest BCUT2D eigenvalue weighted by molar-refractivity contribution is 14.1. The summed E-state index contributed by atoms with van der Waals surface area (Å²) in [7, 11) is -10.7.